The number of piperazine rings is 1. The van der Waals surface area contributed by atoms with Crippen LogP contribution in [0.15, 0.2) is 111 Å². The molecule has 198 valence electrons. The van der Waals surface area contributed by atoms with E-state index in [1.54, 1.807) is 17.0 Å². The number of hydrogen-bond acceptors (Lipinski definition) is 5. The summed E-state index contributed by atoms with van der Waals surface area (Å²) >= 11 is 10.9. The Kier molecular flexibility index (Phi) is 8.67. The molecule has 1 aliphatic rings. The molecule has 39 heavy (non-hydrogen) atoms. The van der Waals surface area contributed by atoms with Crippen LogP contribution in [0.4, 0.5) is 5.69 Å². The van der Waals surface area contributed by atoms with Crippen molar-refractivity contribution in [2.45, 2.75) is 15.8 Å². The number of halogens is 2. The topological polar surface area (TPSA) is 66.7 Å². The number of nitrogens with zero attached hydrogens (tertiary/aromatic N) is 3. The van der Waals surface area contributed by atoms with E-state index < -0.39 is 4.92 Å². The summed E-state index contributed by atoms with van der Waals surface area (Å²) in [7, 11) is 0. The fourth-order valence-corrected chi connectivity index (χ4v) is 6.06. The summed E-state index contributed by atoms with van der Waals surface area (Å²) in [6.45, 7) is 2.40. The van der Waals surface area contributed by atoms with E-state index in [1.165, 1.54) is 23.4 Å². The van der Waals surface area contributed by atoms with Gasteiger partial charge in [-0.15, -0.1) is 0 Å². The summed E-state index contributed by atoms with van der Waals surface area (Å²) in [4.78, 5) is 30.4. The first-order valence-electron chi connectivity index (χ1n) is 12.4. The van der Waals surface area contributed by atoms with E-state index in [0.29, 0.717) is 41.7 Å². The Morgan fingerprint density at radius 1 is 0.872 bits per heavy atom. The second kappa shape index (κ2) is 12.3. The number of carbonyl (C=O) groups is 1. The molecule has 4 aromatic carbocycles. The number of benzene rings is 4. The van der Waals surface area contributed by atoms with E-state index >= 15 is 0 Å². The first kappa shape index (κ1) is 27.4. The minimum absolute atomic E-state index is 0.0386. The molecule has 1 saturated heterocycles. The highest BCUT2D eigenvalue weighted by molar-refractivity contribution is 9.10. The third-order valence-electron chi connectivity index (χ3n) is 6.71. The van der Waals surface area contributed by atoms with Crippen molar-refractivity contribution < 1.29 is 9.72 Å². The van der Waals surface area contributed by atoms with Crippen molar-refractivity contribution in [2.75, 3.05) is 26.2 Å². The highest BCUT2D eigenvalue weighted by Gasteiger charge is 2.29. The fourth-order valence-electron chi connectivity index (χ4n) is 4.77. The SMILES string of the molecule is O=C(c1ccc(Sc2ccc(Br)cc2)c([N+](=O)[O-])c1)N1CCN(C(c2ccccc2)c2ccc(Cl)cc2)CC1. The zero-order valence-corrected chi connectivity index (χ0v) is 24.0. The van der Waals surface area contributed by atoms with Crippen LogP contribution in [0.3, 0.4) is 0 Å². The third-order valence-corrected chi connectivity index (χ3v) is 8.57. The second-order valence-electron chi connectivity index (χ2n) is 9.19. The zero-order valence-electron chi connectivity index (χ0n) is 20.9. The van der Waals surface area contributed by atoms with E-state index in [-0.39, 0.29) is 17.6 Å². The maximum absolute atomic E-state index is 13.4. The van der Waals surface area contributed by atoms with Crippen molar-refractivity contribution in [3.05, 3.63) is 133 Å². The average Bonchev–Trinajstić information content (AvgIpc) is 2.96. The Bertz CT molecular complexity index is 1460. The molecule has 1 aliphatic heterocycles. The van der Waals surface area contributed by atoms with Crippen molar-refractivity contribution in [2.24, 2.45) is 0 Å². The molecule has 1 fully saturated rings. The van der Waals surface area contributed by atoms with Gasteiger partial charge >= 0.3 is 0 Å². The van der Waals surface area contributed by atoms with E-state index in [2.05, 4.69) is 33.0 Å². The first-order valence-corrected chi connectivity index (χ1v) is 14.4. The first-order chi connectivity index (χ1) is 18.9. The van der Waals surface area contributed by atoms with Gasteiger partial charge in [0.15, 0.2) is 0 Å². The van der Waals surface area contributed by atoms with Gasteiger partial charge in [-0.3, -0.25) is 19.8 Å². The summed E-state index contributed by atoms with van der Waals surface area (Å²) in [6.07, 6.45) is 0. The molecule has 1 atom stereocenters. The summed E-state index contributed by atoms with van der Waals surface area (Å²) in [5, 5.41) is 12.6. The molecule has 0 aromatic heterocycles. The monoisotopic (exact) mass is 621 g/mol. The summed E-state index contributed by atoms with van der Waals surface area (Å²) in [5.74, 6) is -0.194. The van der Waals surface area contributed by atoms with Crippen LogP contribution in [0.1, 0.15) is 27.5 Å². The molecule has 4 aromatic rings. The van der Waals surface area contributed by atoms with Gasteiger partial charge in [-0.1, -0.05) is 81.8 Å². The van der Waals surface area contributed by atoms with E-state index in [1.807, 2.05) is 66.7 Å². The highest BCUT2D eigenvalue weighted by Crippen LogP contribution is 2.36. The molecule has 6 nitrogen and oxygen atoms in total. The molecular formula is C30H25BrClN3O3S. The number of hydrogen-bond donors (Lipinski definition) is 0. The average molecular weight is 623 g/mol. The minimum Gasteiger partial charge on any atom is -0.336 e. The van der Waals surface area contributed by atoms with E-state index in [4.69, 9.17) is 11.6 Å². The molecule has 9 heteroatoms. The van der Waals surface area contributed by atoms with Crippen LogP contribution in [0, 0.1) is 10.1 Å². The van der Waals surface area contributed by atoms with Crippen LogP contribution in [-0.4, -0.2) is 46.8 Å². The standard InChI is InChI=1S/C30H25BrClN3O3S/c31-24-9-13-26(14-10-24)39-28-15-8-23(20-27(28)35(37)38)30(36)34-18-16-33(17-19-34)29(21-4-2-1-3-5-21)22-6-11-25(32)12-7-22/h1-15,20,29H,16-19H2. The van der Waals surface area contributed by atoms with Gasteiger partial charge in [0.25, 0.3) is 11.6 Å². The van der Waals surface area contributed by atoms with Crippen LogP contribution in [-0.2, 0) is 0 Å². The third kappa shape index (κ3) is 6.53. The Morgan fingerprint density at radius 3 is 2.15 bits per heavy atom. The Hall–Kier alpha value is -3.17. The Balaban J connectivity index is 1.31. The van der Waals surface area contributed by atoms with Crippen molar-refractivity contribution in [1.82, 2.24) is 9.80 Å². The molecule has 0 saturated carbocycles. The lowest BCUT2D eigenvalue weighted by Gasteiger charge is -2.39. The number of nitro benzene ring substituents is 1. The maximum Gasteiger partial charge on any atom is 0.284 e. The maximum atomic E-state index is 13.4. The number of carbonyl (C=O) groups excluding carboxylic acids is 1. The highest BCUT2D eigenvalue weighted by atomic mass is 79.9. The quantitative estimate of drug-likeness (QED) is 0.156. The molecular weight excluding hydrogens is 598 g/mol. The van der Waals surface area contributed by atoms with Gasteiger partial charge in [-0.05, 0) is 59.7 Å². The van der Waals surface area contributed by atoms with Gasteiger partial charge < -0.3 is 4.90 Å². The molecule has 1 heterocycles. The molecule has 1 amide bonds. The van der Waals surface area contributed by atoms with Crippen LogP contribution >= 0.6 is 39.3 Å². The normalized spacial score (nSPS) is 14.7. The van der Waals surface area contributed by atoms with Gasteiger partial charge in [0.2, 0.25) is 0 Å². The lowest BCUT2D eigenvalue weighted by atomic mass is 9.96. The number of nitro groups is 1. The van der Waals surface area contributed by atoms with Crippen molar-refractivity contribution >= 4 is 50.9 Å². The van der Waals surface area contributed by atoms with Crippen LogP contribution in [0.5, 0.6) is 0 Å². The lowest BCUT2D eigenvalue weighted by Crippen LogP contribution is -2.49. The molecule has 0 bridgehead atoms. The van der Waals surface area contributed by atoms with Gasteiger partial charge in [0, 0.05) is 52.2 Å². The molecule has 0 radical (unpaired) electrons. The largest absolute Gasteiger partial charge is 0.336 e. The second-order valence-corrected chi connectivity index (χ2v) is 11.7. The molecule has 0 aliphatic carbocycles. The minimum atomic E-state index is -0.424. The summed E-state index contributed by atoms with van der Waals surface area (Å²) in [5.41, 5.74) is 2.57. The fraction of sp³-hybridized carbons (Fsp3) is 0.167. The summed E-state index contributed by atoms with van der Waals surface area (Å²) in [6, 6.07) is 30.5. The van der Waals surface area contributed by atoms with Gasteiger partial charge in [0.05, 0.1) is 15.9 Å². The molecule has 1 unspecified atom stereocenters. The predicted molar refractivity (Wildman–Crippen MR) is 159 cm³/mol. The zero-order chi connectivity index (χ0) is 27.4. The smallest absolute Gasteiger partial charge is 0.284 e. The molecule has 0 spiro atoms. The van der Waals surface area contributed by atoms with Crippen LogP contribution in [0.2, 0.25) is 5.02 Å². The van der Waals surface area contributed by atoms with Crippen molar-refractivity contribution in [3.63, 3.8) is 0 Å². The van der Waals surface area contributed by atoms with E-state index in [9.17, 15) is 14.9 Å². The lowest BCUT2D eigenvalue weighted by molar-refractivity contribution is -0.387. The van der Waals surface area contributed by atoms with E-state index in [0.717, 1.165) is 14.9 Å². The van der Waals surface area contributed by atoms with Gasteiger partial charge in [-0.25, -0.2) is 0 Å². The number of rotatable bonds is 7. The van der Waals surface area contributed by atoms with Gasteiger partial charge in [0.1, 0.15) is 0 Å². The Morgan fingerprint density at radius 2 is 1.51 bits per heavy atom. The molecule has 0 N–H and O–H groups in total. The van der Waals surface area contributed by atoms with Crippen molar-refractivity contribution in [1.29, 1.82) is 0 Å². The van der Waals surface area contributed by atoms with Crippen LogP contribution < -0.4 is 0 Å². The predicted octanol–water partition coefficient (Wildman–Crippen LogP) is 7.71. The summed E-state index contributed by atoms with van der Waals surface area (Å²) < 4.78 is 0.936. The molecule has 5 rings (SSSR count). The van der Waals surface area contributed by atoms with Crippen LogP contribution in [0.25, 0.3) is 0 Å². The van der Waals surface area contributed by atoms with Gasteiger partial charge in [-0.2, -0.15) is 0 Å². The Labute approximate surface area is 244 Å². The van der Waals surface area contributed by atoms with Crippen molar-refractivity contribution in [3.8, 4) is 0 Å². The number of amides is 1.